The minimum atomic E-state index is 0.0713. The van der Waals surface area contributed by atoms with Gasteiger partial charge in [0.2, 0.25) is 5.91 Å². The maximum Gasteiger partial charge on any atom is 0.233 e. The van der Waals surface area contributed by atoms with Crippen LogP contribution in [-0.2, 0) is 11.3 Å². The minimum absolute atomic E-state index is 0.0713. The molecule has 0 saturated carbocycles. The summed E-state index contributed by atoms with van der Waals surface area (Å²) in [6.45, 7) is 8.76. The van der Waals surface area contributed by atoms with Gasteiger partial charge < -0.3 is 4.90 Å². The number of amides is 1. The number of carbonyl (C=O) groups excluding carboxylic acids is 1. The summed E-state index contributed by atoms with van der Waals surface area (Å²) in [4.78, 5) is 14.4. The fourth-order valence-electron chi connectivity index (χ4n) is 3.13. The van der Waals surface area contributed by atoms with Crippen LogP contribution in [0.3, 0.4) is 0 Å². The molecule has 0 spiro atoms. The molecule has 0 aliphatic carbocycles. The van der Waals surface area contributed by atoms with Crippen molar-refractivity contribution in [3.63, 3.8) is 0 Å². The van der Waals surface area contributed by atoms with Crippen LogP contribution in [0.15, 0.2) is 47.6 Å². The monoisotopic (exact) mass is 394 g/mol. The number of aryl methyl sites for hydroxylation is 4. The summed E-state index contributed by atoms with van der Waals surface area (Å²) in [6.07, 6.45) is 0. The molecular weight excluding hydrogens is 368 g/mol. The number of nitrogens with zero attached hydrogens (tertiary/aromatic N) is 4. The number of benzene rings is 2. The molecule has 5 nitrogen and oxygen atoms in total. The first-order chi connectivity index (χ1) is 13.4. The molecule has 6 heteroatoms. The molecule has 0 saturated heterocycles. The second-order valence-electron chi connectivity index (χ2n) is 7.12. The summed E-state index contributed by atoms with van der Waals surface area (Å²) in [7, 11) is 1.85. The Morgan fingerprint density at radius 1 is 1.04 bits per heavy atom. The molecule has 146 valence electrons. The van der Waals surface area contributed by atoms with Gasteiger partial charge in [0.05, 0.1) is 11.4 Å². The largest absolute Gasteiger partial charge is 0.341 e. The molecule has 0 fully saturated rings. The van der Waals surface area contributed by atoms with Crippen LogP contribution in [-0.4, -0.2) is 38.4 Å². The van der Waals surface area contributed by atoms with Gasteiger partial charge in [-0.3, -0.25) is 9.36 Å². The molecule has 1 aromatic heterocycles. The van der Waals surface area contributed by atoms with Crippen molar-refractivity contribution in [3.8, 4) is 5.69 Å². The lowest BCUT2D eigenvalue weighted by Gasteiger charge is -2.19. The van der Waals surface area contributed by atoms with Gasteiger partial charge in [0.1, 0.15) is 5.82 Å². The molecule has 0 unspecified atom stereocenters. The van der Waals surface area contributed by atoms with Gasteiger partial charge in [0.25, 0.3) is 0 Å². The van der Waals surface area contributed by atoms with E-state index >= 15 is 0 Å². The first-order valence-corrected chi connectivity index (χ1v) is 10.3. The second kappa shape index (κ2) is 8.61. The average Bonchev–Trinajstić information content (AvgIpc) is 3.02. The number of hydrogen-bond acceptors (Lipinski definition) is 4. The van der Waals surface area contributed by atoms with E-state index in [2.05, 4.69) is 55.2 Å². The SMILES string of the molecule is Cc1ccc(CN(C)C(=O)CSc2nnc(C)n2-c2ccccc2C)c(C)c1. The van der Waals surface area contributed by atoms with Gasteiger partial charge in [-0.2, -0.15) is 0 Å². The van der Waals surface area contributed by atoms with Crippen molar-refractivity contribution in [3.05, 3.63) is 70.5 Å². The number of para-hydroxylation sites is 1. The molecule has 0 N–H and O–H groups in total. The zero-order valence-corrected chi connectivity index (χ0v) is 17.9. The van der Waals surface area contributed by atoms with Crippen LogP contribution in [0, 0.1) is 27.7 Å². The van der Waals surface area contributed by atoms with E-state index < -0.39 is 0 Å². The maximum atomic E-state index is 12.7. The molecule has 28 heavy (non-hydrogen) atoms. The lowest BCUT2D eigenvalue weighted by Crippen LogP contribution is -2.28. The summed E-state index contributed by atoms with van der Waals surface area (Å²) in [5, 5.41) is 9.23. The number of rotatable bonds is 6. The van der Waals surface area contributed by atoms with Gasteiger partial charge in [-0.25, -0.2) is 0 Å². The lowest BCUT2D eigenvalue weighted by molar-refractivity contribution is -0.127. The predicted molar refractivity (Wildman–Crippen MR) is 114 cm³/mol. The van der Waals surface area contributed by atoms with E-state index in [-0.39, 0.29) is 5.91 Å². The molecule has 3 rings (SSSR count). The standard InChI is InChI=1S/C22H26N4OS/c1-15-10-11-19(17(3)12-15)13-25(5)21(27)14-28-22-24-23-18(4)26(22)20-9-7-6-8-16(20)2/h6-12H,13-14H2,1-5H3. The van der Waals surface area contributed by atoms with Crippen molar-refractivity contribution in [2.24, 2.45) is 0 Å². The van der Waals surface area contributed by atoms with E-state index in [1.807, 2.05) is 36.7 Å². The van der Waals surface area contributed by atoms with E-state index in [0.29, 0.717) is 12.3 Å². The Morgan fingerprint density at radius 3 is 2.50 bits per heavy atom. The molecule has 0 radical (unpaired) electrons. The van der Waals surface area contributed by atoms with Crippen LogP contribution in [0.1, 0.15) is 28.1 Å². The van der Waals surface area contributed by atoms with E-state index in [0.717, 1.165) is 22.2 Å². The van der Waals surface area contributed by atoms with Crippen molar-refractivity contribution in [1.82, 2.24) is 19.7 Å². The third-order valence-electron chi connectivity index (χ3n) is 4.81. The third-order valence-corrected chi connectivity index (χ3v) is 5.72. The number of thioether (sulfide) groups is 1. The summed E-state index contributed by atoms with van der Waals surface area (Å²) < 4.78 is 2.01. The molecule has 2 aromatic carbocycles. The van der Waals surface area contributed by atoms with E-state index in [1.54, 1.807) is 4.90 Å². The zero-order chi connectivity index (χ0) is 20.3. The lowest BCUT2D eigenvalue weighted by atomic mass is 10.1. The highest BCUT2D eigenvalue weighted by Gasteiger charge is 2.16. The van der Waals surface area contributed by atoms with Gasteiger partial charge in [-0.15, -0.1) is 10.2 Å². The molecular formula is C22H26N4OS. The van der Waals surface area contributed by atoms with Crippen molar-refractivity contribution in [2.75, 3.05) is 12.8 Å². The Balaban J connectivity index is 1.69. The van der Waals surface area contributed by atoms with E-state index in [1.165, 1.54) is 28.5 Å². The Bertz CT molecular complexity index is 996. The molecule has 1 amide bonds. The van der Waals surface area contributed by atoms with Crippen molar-refractivity contribution in [2.45, 2.75) is 39.4 Å². The van der Waals surface area contributed by atoms with Gasteiger partial charge in [0, 0.05) is 13.6 Å². The third kappa shape index (κ3) is 4.44. The zero-order valence-electron chi connectivity index (χ0n) is 17.1. The summed E-state index contributed by atoms with van der Waals surface area (Å²) in [5.41, 5.74) is 5.80. The Hall–Kier alpha value is -2.60. The van der Waals surface area contributed by atoms with Crippen LogP contribution >= 0.6 is 11.8 Å². The molecule has 0 bridgehead atoms. The van der Waals surface area contributed by atoms with Crippen molar-refractivity contribution in [1.29, 1.82) is 0 Å². The Morgan fingerprint density at radius 2 is 1.79 bits per heavy atom. The highest BCUT2D eigenvalue weighted by atomic mass is 32.2. The van der Waals surface area contributed by atoms with E-state index in [4.69, 9.17) is 0 Å². The van der Waals surface area contributed by atoms with Crippen molar-refractivity contribution >= 4 is 17.7 Å². The Labute approximate surface area is 170 Å². The molecule has 0 aliphatic heterocycles. The molecule has 0 aliphatic rings. The van der Waals surface area contributed by atoms with Crippen LogP contribution in [0.25, 0.3) is 5.69 Å². The van der Waals surface area contributed by atoms with Crippen LogP contribution < -0.4 is 0 Å². The second-order valence-corrected chi connectivity index (χ2v) is 8.06. The summed E-state index contributed by atoms with van der Waals surface area (Å²) in [5.74, 6) is 1.21. The maximum absolute atomic E-state index is 12.7. The Kier molecular flexibility index (Phi) is 6.19. The van der Waals surface area contributed by atoms with Gasteiger partial charge >= 0.3 is 0 Å². The smallest absolute Gasteiger partial charge is 0.233 e. The fourth-order valence-corrected chi connectivity index (χ4v) is 4.06. The van der Waals surface area contributed by atoms with Crippen LogP contribution in [0.2, 0.25) is 0 Å². The normalized spacial score (nSPS) is 10.9. The van der Waals surface area contributed by atoms with Crippen LogP contribution in [0.5, 0.6) is 0 Å². The summed E-state index contributed by atoms with van der Waals surface area (Å²) in [6, 6.07) is 14.4. The topological polar surface area (TPSA) is 51.0 Å². The highest BCUT2D eigenvalue weighted by molar-refractivity contribution is 7.99. The van der Waals surface area contributed by atoms with Gasteiger partial charge in [-0.1, -0.05) is 53.7 Å². The van der Waals surface area contributed by atoms with Gasteiger partial charge in [0.15, 0.2) is 5.16 Å². The number of carbonyl (C=O) groups is 1. The summed E-state index contributed by atoms with van der Waals surface area (Å²) >= 11 is 1.42. The quantitative estimate of drug-likeness (QED) is 0.587. The minimum Gasteiger partial charge on any atom is -0.341 e. The number of aromatic nitrogens is 3. The predicted octanol–water partition coefficient (Wildman–Crippen LogP) is 4.25. The molecule has 1 heterocycles. The molecule has 0 atom stereocenters. The fraction of sp³-hybridized carbons (Fsp3) is 0.318. The first-order valence-electron chi connectivity index (χ1n) is 9.27. The molecule has 3 aromatic rings. The first kappa shape index (κ1) is 20.1. The van der Waals surface area contributed by atoms with E-state index in [9.17, 15) is 4.79 Å². The number of hydrogen-bond donors (Lipinski definition) is 0. The highest BCUT2D eigenvalue weighted by Crippen LogP contribution is 2.24. The van der Waals surface area contributed by atoms with Gasteiger partial charge in [-0.05, 0) is 50.5 Å². The average molecular weight is 395 g/mol. The van der Waals surface area contributed by atoms with Crippen LogP contribution in [0.4, 0.5) is 0 Å². The van der Waals surface area contributed by atoms with Crippen molar-refractivity contribution < 1.29 is 4.79 Å².